The summed E-state index contributed by atoms with van der Waals surface area (Å²) in [6.07, 6.45) is 0. The van der Waals surface area contributed by atoms with Crippen molar-refractivity contribution < 1.29 is 9.84 Å². The molecule has 0 aliphatic rings. The van der Waals surface area contributed by atoms with Crippen molar-refractivity contribution in [2.45, 2.75) is 26.4 Å². The van der Waals surface area contributed by atoms with Crippen LogP contribution in [0.25, 0.3) is 0 Å². The van der Waals surface area contributed by atoms with Gasteiger partial charge in [-0.05, 0) is 61.0 Å². The Morgan fingerprint density at radius 1 is 1.17 bits per heavy atom. The van der Waals surface area contributed by atoms with Crippen LogP contribution in [-0.2, 0) is 5.60 Å². The van der Waals surface area contributed by atoms with E-state index in [-0.39, 0.29) is 0 Å². The molecule has 3 heteroatoms. The zero-order valence-corrected chi connectivity index (χ0v) is 12.0. The van der Waals surface area contributed by atoms with E-state index in [1.807, 2.05) is 50.4 Å². The lowest BCUT2D eigenvalue weighted by molar-refractivity contribution is 0.105. The van der Waals surface area contributed by atoms with E-state index in [0.29, 0.717) is 0 Å². The average Bonchev–Trinajstić information content (AvgIpc) is 2.75. The molecule has 0 amide bonds. The fraction of sp³-hybridized carbons (Fsp3) is 0.333. The van der Waals surface area contributed by atoms with Crippen LogP contribution in [0.1, 0.15) is 28.5 Å². The highest BCUT2D eigenvalue weighted by Gasteiger charge is 2.30. The molecule has 1 N–H and O–H groups in total. The van der Waals surface area contributed by atoms with Crippen LogP contribution in [0.2, 0.25) is 0 Å². The predicted molar refractivity (Wildman–Crippen MR) is 75.5 cm³/mol. The third kappa shape index (κ3) is 2.16. The number of aryl methyl sites for hydroxylation is 2. The van der Waals surface area contributed by atoms with E-state index in [1.54, 1.807) is 18.4 Å². The van der Waals surface area contributed by atoms with Crippen LogP contribution >= 0.6 is 11.3 Å². The molecule has 0 aliphatic heterocycles. The van der Waals surface area contributed by atoms with Gasteiger partial charge in [0.25, 0.3) is 0 Å². The molecule has 1 aromatic carbocycles. The molecule has 1 unspecified atom stereocenters. The molecular weight excluding hydrogens is 244 g/mol. The summed E-state index contributed by atoms with van der Waals surface area (Å²) in [6, 6.07) is 7.81. The fourth-order valence-electron chi connectivity index (χ4n) is 2.30. The van der Waals surface area contributed by atoms with Gasteiger partial charge in [-0.15, -0.1) is 11.3 Å². The Balaban J connectivity index is 2.51. The Kier molecular flexibility index (Phi) is 3.46. The van der Waals surface area contributed by atoms with Crippen molar-refractivity contribution in [2.24, 2.45) is 0 Å². The van der Waals surface area contributed by atoms with Crippen molar-refractivity contribution in [3.63, 3.8) is 0 Å². The summed E-state index contributed by atoms with van der Waals surface area (Å²) in [5.41, 5.74) is 2.13. The lowest BCUT2D eigenvalue weighted by atomic mass is 9.89. The number of hydrogen-bond donors (Lipinski definition) is 1. The first kappa shape index (κ1) is 13.1. The molecular formula is C15H18O2S. The zero-order valence-electron chi connectivity index (χ0n) is 11.2. The minimum Gasteiger partial charge on any atom is -0.497 e. The van der Waals surface area contributed by atoms with Crippen molar-refractivity contribution in [1.29, 1.82) is 0 Å². The molecule has 0 saturated heterocycles. The van der Waals surface area contributed by atoms with Crippen molar-refractivity contribution in [3.8, 4) is 5.75 Å². The van der Waals surface area contributed by atoms with Gasteiger partial charge >= 0.3 is 0 Å². The second-order valence-electron chi connectivity index (χ2n) is 4.69. The van der Waals surface area contributed by atoms with Gasteiger partial charge in [-0.3, -0.25) is 0 Å². The molecule has 0 saturated carbocycles. The molecule has 2 rings (SSSR count). The molecule has 0 radical (unpaired) electrons. The summed E-state index contributed by atoms with van der Waals surface area (Å²) < 4.78 is 5.20. The summed E-state index contributed by atoms with van der Waals surface area (Å²) >= 11 is 1.59. The van der Waals surface area contributed by atoms with E-state index < -0.39 is 5.60 Å². The number of hydrogen-bond acceptors (Lipinski definition) is 3. The van der Waals surface area contributed by atoms with Gasteiger partial charge in [0, 0.05) is 4.88 Å². The van der Waals surface area contributed by atoms with E-state index in [2.05, 4.69) is 0 Å². The maximum atomic E-state index is 10.8. The van der Waals surface area contributed by atoms with Gasteiger partial charge in [-0.25, -0.2) is 0 Å². The van der Waals surface area contributed by atoms with Gasteiger partial charge < -0.3 is 9.84 Å². The average molecular weight is 262 g/mol. The van der Waals surface area contributed by atoms with Crippen LogP contribution in [0.4, 0.5) is 0 Å². The maximum Gasteiger partial charge on any atom is 0.121 e. The van der Waals surface area contributed by atoms with Crippen LogP contribution in [0, 0.1) is 13.8 Å². The van der Waals surface area contributed by atoms with Crippen LogP contribution in [0.15, 0.2) is 29.6 Å². The Morgan fingerprint density at radius 2 is 1.89 bits per heavy atom. The summed E-state index contributed by atoms with van der Waals surface area (Å²) in [5, 5.41) is 12.9. The molecule has 0 fully saturated rings. The van der Waals surface area contributed by atoms with Gasteiger partial charge in [0.1, 0.15) is 11.4 Å². The summed E-state index contributed by atoms with van der Waals surface area (Å²) in [5.74, 6) is 0.815. The van der Waals surface area contributed by atoms with Crippen LogP contribution < -0.4 is 4.74 Å². The van der Waals surface area contributed by atoms with Crippen LogP contribution in [0.3, 0.4) is 0 Å². The maximum absolute atomic E-state index is 10.8. The molecule has 0 aliphatic carbocycles. The van der Waals surface area contributed by atoms with Crippen molar-refractivity contribution in [2.75, 3.05) is 7.11 Å². The monoisotopic (exact) mass is 262 g/mol. The Morgan fingerprint density at radius 3 is 2.39 bits per heavy atom. The Bertz CT molecular complexity index is 555. The number of aliphatic hydroxyl groups is 1. The first-order valence-corrected chi connectivity index (χ1v) is 6.77. The van der Waals surface area contributed by atoms with Crippen molar-refractivity contribution in [1.82, 2.24) is 0 Å². The quantitative estimate of drug-likeness (QED) is 0.915. The SMILES string of the molecule is COc1ccc(C(C)(O)c2sccc2C)c(C)c1. The normalized spacial score (nSPS) is 14.3. The van der Waals surface area contributed by atoms with Gasteiger partial charge in [0.2, 0.25) is 0 Å². The molecule has 1 atom stereocenters. The van der Waals surface area contributed by atoms with Crippen molar-refractivity contribution in [3.05, 3.63) is 51.2 Å². The van der Waals surface area contributed by atoms with Crippen LogP contribution in [0.5, 0.6) is 5.75 Å². The predicted octanol–water partition coefficient (Wildman–Crippen LogP) is 3.63. The lowest BCUT2D eigenvalue weighted by Gasteiger charge is -2.26. The third-order valence-corrected chi connectivity index (χ3v) is 4.49. The molecule has 2 aromatic rings. The number of benzene rings is 1. The van der Waals surface area contributed by atoms with Gasteiger partial charge in [0.15, 0.2) is 0 Å². The third-order valence-electron chi connectivity index (χ3n) is 3.26. The number of ether oxygens (including phenoxy) is 1. The molecule has 18 heavy (non-hydrogen) atoms. The van der Waals surface area contributed by atoms with Crippen LogP contribution in [-0.4, -0.2) is 12.2 Å². The number of methoxy groups -OCH3 is 1. The highest BCUT2D eigenvalue weighted by Crippen LogP contribution is 2.37. The molecule has 0 spiro atoms. The topological polar surface area (TPSA) is 29.5 Å². The largest absolute Gasteiger partial charge is 0.497 e. The second kappa shape index (κ2) is 4.75. The zero-order chi connectivity index (χ0) is 13.3. The first-order valence-electron chi connectivity index (χ1n) is 5.89. The molecule has 1 aromatic heterocycles. The van der Waals surface area contributed by atoms with Gasteiger partial charge in [0.05, 0.1) is 7.11 Å². The van der Waals surface area contributed by atoms with E-state index in [4.69, 9.17) is 4.74 Å². The summed E-state index contributed by atoms with van der Waals surface area (Å²) in [6.45, 7) is 5.87. The van der Waals surface area contributed by atoms with E-state index >= 15 is 0 Å². The highest BCUT2D eigenvalue weighted by atomic mass is 32.1. The van der Waals surface area contributed by atoms with E-state index in [0.717, 1.165) is 27.3 Å². The first-order chi connectivity index (χ1) is 8.46. The summed E-state index contributed by atoms with van der Waals surface area (Å²) in [4.78, 5) is 0.996. The van der Waals surface area contributed by atoms with Gasteiger partial charge in [-0.2, -0.15) is 0 Å². The molecule has 96 valence electrons. The smallest absolute Gasteiger partial charge is 0.121 e. The lowest BCUT2D eigenvalue weighted by Crippen LogP contribution is -2.23. The number of rotatable bonds is 3. The molecule has 0 bridgehead atoms. The number of thiophene rings is 1. The van der Waals surface area contributed by atoms with Gasteiger partial charge in [-0.1, -0.05) is 6.07 Å². The second-order valence-corrected chi connectivity index (χ2v) is 5.60. The standard InChI is InChI=1S/C15H18O2S/c1-10-7-8-18-14(10)15(3,16)13-6-5-12(17-4)9-11(13)2/h5-9,16H,1-4H3. The Labute approximate surface area is 112 Å². The minimum absolute atomic E-state index is 0.815. The Hall–Kier alpha value is -1.32. The van der Waals surface area contributed by atoms with E-state index in [9.17, 15) is 5.11 Å². The summed E-state index contributed by atoms with van der Waals surface area (Å²) in [7, 11) is 1.65. The molecule has 1 heterocycles. The minimum atomic E-state index is -0.950. The fourth-order valence-corrected chi connectivity index (χ4v) is 3.30. The van der Waals surface area contributed by atoms with Crippen molar-refractivity contribution >= 4 is 11.3 Å². The highest BCUT2D eigenvalue weighted by molar-refractivity contribution is 7.10. The molecule has 2 nitrogen and oxygen atoms in total. The van der Waals surface area contributed by atoms with E-state index in [1.165, 1.54) is 0 Å².